The summed E-state index contributed by atoms with van der Waals surface area (Å²) in [6.07, 6.45) is 0. The number of rotatable bonds is 6. The highest BCUT2D eigenvalue weighted by Gasteiger charge is 2.10. The van der Waals surface area contributed by atoms with E-state index in [4.69, 9.17) is 16.7 Å². The van der Waals surface area contributed by atoms with E-state index in [1.807, 2.05) is 43.3 Å². The fraction of sp³-hybridized carbons (Fsp3) is 0.235. The number of amides is 1. The number of carbonyl (C=O) groups excluding carboxylic acids is 1. The van der Waals surface area contributed by atoms with Gasteiger partial charge in [-0.1, -0.05) is 29.8 Å². The SMILES string of the molecule is Cc1c(NCc2ccc(Cl)cc2)cccc1C(=O)NCCO. The van der Waals surface area contributed by atoms with Gasteiger partial charge >= 0.3 is 0 Å². The molecule has 0 aliphatic carbocycles. The normalized spacial score (nSPS) is 10.3. The molecule has 0 heterocycles. The Morgan fingerprint density at radius 3 is 2.59 bits per heavy atom. The fourth-order valence-electron chi connectivity index (χ4n) is 2.14. The van der Waals surface area contributed by atoms with Crippen molar-refractivity contribution in [3.63, 3.8) is 0 Å². The summed E-state index contributed by atoms with van der Waals surface area (Å²) in [5.74, 6) is -0.179. The summed E-state index contributed by atoms with van der Waals surface area (Å²) >= 11 is 5.87. The van der Waals surface area contributed by atoms with Gasteiger partial charge in [-0.15, -0.1) is 0 Å². The average Bonchev–Trinajstić information content (AvgIpc) is 2.53. The van der Waals surface area contributed by atoms with Crippen LogP contribution < -0.4 is 10.6 Å². The van der Waals surface area contributed by atoms with Crippen molar-refractivity contribution in [1.29, 1.82) is 0 Å². The first kappa shape index (κ1) is 16.3. The molecule has 0 aliphatic rings. The van der Waals surface area contributed by atoms with Gasteiger partial charge in [0, 0.05) is 29.4 Å². The van der Waals surface area contributed by atoms with Crippen molar-refractivity contribution in [3.8, 4) is 0 Å². The molecule has 0 unspecified atom stereocenters. The van der Waals surface area contributed by atoms with Crippen LogP contribution in [0.1, 0.15) is 21.5 Å². The molecule has 22 heavy (non-hydrogen) atoms. The molecule has 0 spiro atoms. The minimum Gasteiger partial charge on any atom is -0.395 e. The molecule has 0 saturated heterocycles. The zero-order valence-corrected chi connectivity index (χ0v) is 13.2. The van der Waals surface area contributed by atoms with E-state index in [0.29, 0.717) is 17.1 Å². The van der Waals surface area contributed by atoms with E-state index in [1.165, 1.54) is 0 Å². The van der Waals surface area contributed by atoms with Gasteiger partial charge in [0.05, 0.1) is 6.61 Å². The third-order valence-electron chi connectivity index (χ3n) is 3.37. The van der Waals surface area contributed by atoms with Gasteiger partial charge < -0.3 is 15.7 Å². The van der Waals surface area contributed by atoms with Crippen molar-refractivity contribution >= 4 is 23.2 Å². The maximum absolute atomic E-state index is 12.0. The van der Waals surface area contributed by atoms with Crippen LogP contribution in [-0.4, -0.2) is 24.2 Å². The van der Waals surface area contributed by atoms with Crippen molar-refractivity contribution in [2.75, 3.05) is 18.5 Å². The van der Waals surface area contributed by atoms with Crippen molar-refractivity contribution in [3.05, 3.63) is 64.2 Å². The molecule has 3 N–H and O–H groups in total. The molecule has 0 radical (unpaired) electrons. The van der Waals surface area contributed by atoms with Crippen LogP contribution in [0.2, 0.25) is 5.02 Å². The Morgan fingerprint density at radius 1 is 1.18 bits per heavy atom. The minimum atomic E-state index is -0.179. The number of halogens is 1. The largest absolute Gasteiger partial charge is 0.395 e. The lowest BCUT2D eigenvalue weighted by Gasteiger charge is -2.13. The zero-order valence-electron chi connectivity index (χ0n) is 12.4. The molecule has 5 heteroatoms. The highest BCUT2D eigenvalue weighted by atomic mass is 35.5. The molecule has 0 aromatic heterocycles. The molecular formula is C17H19ClN2O2. The predicted molar refractivity (Wildman–Crippen MR) is 89.4 cm³/mol. The van der Waals surface area contributed by atoms with Crippen LogP contribution in [0.5, 0.6) is 0 Å². The molecule has 2 aromatic carbocycles. The highest BCUT2D eigenvalue weighted by Crippen LogP contribution is 2.20. The van der Waals surface area contributed by atoms with E-state index in [9.17, 15) is 4.79 Å². The summed E-state index contributed by atoms with van der Waals surface area (Å²) in [5, 5.41) is 15.5. The highest BCUT2D eigenvalue weighted by molar-refractivity contribution is 6.30. The van der Waals surface area contributed by atoms with Gasteiger partial charge in [-0.25, -0.2) is 0 Å². The number of aliphatic hydroxyl groups is 1. The van der Waals surface area contributed by atoms with Gasteiger partial charge in [0.2, 0.25) is 0 Å². The molecule has 0 aliphatic heterocycles. The van der Waals surface area contributed by atoms with Crippen molar-refractivity contribution in [2.45, 2.75) is 13.5 Å². The second-order valence-corrected chi connectivity index (χ2v) is 5.37. The summed E-state index contributed by atoms with van der Waals surface area (Å²) in [5.41, 5.74) is 3.51. The molecule has 0 bridgehead atoms. The lowest BCUT2D eigenvalue weighted by molar-refractivity contribution is 0.0944. The average molecular weight is 319 g/mol. The topological polar surface area (TPSA) is 61.4 Å². The first-order valence-corrected chi connectivity index (χ1v) is 7.46. The minimum absolute atomic E-state index is 0.0701. The molecule has 1 amide bonds. The van der Waals surface area contributed by atoms with Crippen LogP contribution in [0.25, 0.3) is 0 Å². The van der Waals surface area contributed by atoms with Crippen LogP contribution in [0.4, 0.5) is 5.69 Å². The zero-order chi connectivity index (χ0) is 15.9. The quantitative estimate of drug-likeness (QED) is 0.767. The number of anilines is 1. The fourth-order valence-corrected chi connectivity index (χ4v) is 2.26. The Kier molecular flexibility index (Phi) is 5.81. The summed E-state index contributed by atoms with van der Waals surface area (Å²) in [6.45, 7) is 2.73. The second kappa shape index (κ2) is 7.82. The molecular weight excluding hydrogens is 300 g/mol. The van der Waals surface area contributed by atoms with Crippen LogP contribution >= 0.6 is 11.6 Å². The Hall–Kier alpha value is -2.04. The van der Waals surface area contributed by atoms with E-state index in [-0.39, 0.29) is 19.1 Å². The Labute approximate surface area is 135 Å². The van der Waals surface area contributed by atoms with Gasteiger partial charge in [0.15, 0.2) is 0 Å². The molecule has 0 fully saturated rings. The third-order valence-corrected chi connectivity index (χ3v) is 3.62. The standard InChI is InChI=1S/C17H19ClN2O2/c1-12-15(17(22)19-9-10-21)3-2-4-16(12)20-11-13-5-7-14(18)8-6-13/h2-8,20-21H,9-11H2,1H3,(H,19,22). The molecule has 4 nitrogen and oxygen atoms in total. The molecule has 0 saturated carbocycles. The first-order valence-electron chi connectivity index (χ1n) is 7.09. The monoisotopic (exact) mass is 318 g/mol. The molecule has 0 atom stereocenters. The molecule has 116 valence electrons. The number of carbonyl (C=O) groups is 1. The van der Waals surface area contributed by atoms with E-state index < -0.39 is 0 Å². The Bertz CT molecular complexity index is 642. The van der Waals surface area contributed by atoms with Gasteiger partial charge in [0.25, 0.3) is 5.91 Å². The first-order chi connectivity index (χ1) is 10.6. The summed E-state index contributed by atoms with van der Waals surface area (Å²) < 4.78 is 0. The van der Waals surface area contributed by atoms with Crippen LogP contribution in [0.15, 0.2) is 42.5 Å². The Balaban J connectivity index is 2.08. The third kappa shape index (κ3) is 4.23. The van der Waals surface area contributed by atoms with Gasteiger partial charge in [-0.05, 0) is 42.3 Å². The van der Waals surface area contributed by atoms with Gasteiger partial charge in [-0.3, -0.25) is 4.79 Å². The van der Waals surface area contributed by atoms with Gasteiger partial charge in [0.1, 0.15) is 0 Å². The molecule has 2 aromatic rings. The summed E-state index contributed by atoms with van der Waals surface area (Å²) in [6, 6.07) is 13.2. The second-order valence-electron chi connectivity index (χ2n) is 4.94. The molecule has 2 rings (SSSR count). The number of hydrogen-bond acceptors (Lipinski definition) is 3. The maximum atomic E-state index is 12.0. The smallest absolute Gasteiger partial charge is 0.251 e. The number of nitrogens with one attached hydrogen (secondary N) is 2. The summed E-state index contributed by atoms with van der Waals surface area (Å²) in [4.78, 5) is 12.0. The Morgan fingerprint density at radius 2 is 1.91 bits per heavy atom. The number of aliphatic hydroxyl groups excluding tert-OH is 1. The lowest BCUT2D eigenvalue weighted by atomic mass is 10.1. The van der Waals surface area contributed by atoms with Crippen LogP contribution in [0, 0.1) is 6.92 Å². The maximum Gasteiger partial charge on any atom is 0.251 e. The lowest BCUT2D eigenvalue weighted by Crippen LogP contribution is -2.27. The van der Waals surface area contributed by atoms with Crippen molar-refractivity contribution < 1.29 is 9.90 Å². The van der Waals surface area contributed by atoms with Crippen LogP contribution in [0.3, 0.4) is 0 Å². The van der Waals surface area contributed by atoms with Crippen molar-refractivity contribution in [2.24, 2.45) is 0 Å². The van der Waals surface area contributed by atoms with E-state index >= 15 is 0 Å². The van der Waals surface area contributed by atoms with Gasteiger partial charge in [-0.2, -0.15) is 0 Å². The van der Waals surface area contributed by atoms with Crippen molar-refractivity contribution in [1.82, 2.24) is 5.32 Å². The van der Waals surface area contributed by atoms with E-state index in [0.717, 1.165) is 16.8 Å². The number of hydrogen-bond donors (Lipinski definition) is 3. The van der Waals surface area contributed by atoms with E-state index in [2.05, 4.69) is 10.6 Å². The van der Waals surface area contributed by atoms with Crippen LogP contribution in [-0.2, 0) is 6.54 Å². The summed E-state index contributed by atoms with van der Waals surface area (Å²) in [7, 11) is 0. The predicted octanol–water partition coefficient (Wildman–Crippen LogP) is 2.98. The number of benzene rings is 2. The van der Waals surface area contributed by atoms with E-state index in [1.54, 1.807) is 6.07 Å².